The number of fused-ring (bicyclic) bond motifs is 1. The lowest BCUT2D eigenvalue weighted by molar-refractivity contribution is -0.137. The molecule has 10 heteroatoms. The van der Waals surface area contributed by atoms with E-state index in [1.807, 2.05) is 18.5 Å². The molecule has 1 saturated carbocycles. The zero-order valence-corrected chi connectivity index (χ0v) is 19.4. The molecule has 176 valence electrons. The number of oxazole rings is 1. The first-order chi connectivity index (χ1) is 15.8. The van der Waals surface area contributed by atoms with Crippen LogP contribution in [0.2, 0.25) is 0 Å². The predicted molar refractivity (Wildman–Crippen MR) is 119 cm³/mol. The van der Waals surface area contributed by atoms with Gasteiger partial charge in [-0.3, -0.25) is 0 Å². The fourth-order valence-electron chi connectivity index (χ4n) is 5.00. The lowest BCUT2D eigenvalue weighted by Crippen LogP contribution is -2.39. The summed E-state index contributed by atoms with van der Waals surface area (Å²) in [6.45, 7) is 4.82. The average molecular weight is 478 g/mol. The molecule has 1 aliphatic carbocycles. The van der Waals surface area contributed by atoms with Gasteiger partial charge in [0.15, 0.2) is 17.3 Å². The van der Waals surface area contributed by atoms with Gasteiger partial charge in [-0.05, 0) is 62.9 Å². The Morgan fingerprint density at radius 3 is 2.70 bits per heavy atom. The minimum atomic E-state index is -4.29. The van der Waals surface area contributed by atoms with E-state index in [9.17, 15) is 13.2 Å². The molecule has 2 atom stereocenters. The van der Waals surface area contributed by atoms with E-state index in [1.165, 1.54) is 18.5 Å². The van der Waals surface area contributed by atoms with Crippen molar-refractivity contribution in [1.29, 1.82) is 0 Å². The molecule has 3 aromatic rings. The Labute approximate surface area is 194 Å². The Bertz CT molecular complexity index is 1130. The summed E-state index contributed by atoms with van der Waals surface area (Å²) in [5.41, 5.74) is 1.29. The zero-order valence-electron chi connectivity index (χ0n) is 18.6. The van der Waals surface area contributed by atoms with Crippen molar-refractivity contribution in [2.24, 2.45) is 13.0 Å². The Morgan fingerprint density at radius 2 is 2.00 bits per heavy atom. The average Bonchev–Trinajstić information content (AvgIpc) is 3.22. The summed E-state index contributed by atoms with van der Waals surface area (Å²) in [7, 11) is 1.92. The molecule has 0 unspecified atom stereocenters. The van der Waals surface area contributed by atoms with Crippen molar-refractivity contribution in [2.45, 2.75) is 42.9 Å². The van der Waals surface area contributed by atoms with Crippen LogP contribution in [-0.2, 0) is 18.6 Å². The van der Waals surface area contributed by atoms with E-state index in [2.05, 4.69) is 20.1 Å². The van der Waals surface area contributed by atoms with E-state index in [-0.39, 0.29) is 5.41 Å². The summed E-state index contributed by atoms with van der Waals surface area (Å²) in [4.78, 5) is 6.57. The molecule has 33 heavy (non-hydrogen) atoms. The number of benzene rings is 1. The third-order valence-corrected chi connectivity index (χ3v) is 8.06. The molecule has 0 N–H and O–H groups in total. The smallest absolute Gasteiger partial charge is 0.416 e. The highest BCUT2D eigenvalue weighted by atomic mass is 32.2. The van der Waals surface area contributed by atoms with E-state index in [0.717, 1.165) is 61.1 Å². The van der Waals surface area contributed by atoms with Gasteiger partial charge in [0.25, 0.3) is 0 Å². The van der Waals surface area contributed by atoms with Crippen LogP contribution in [0.1, 0.15) is 36.1 Å². The number of aryl methyl sites for hydroxylation is 1. The maximum absolute atomic E-state index is 12.9. The number of nitrogens with zero attached hydrogens (tertiary/aromatic N) is 5. The quantitative estimate of drug-likeness (QED) is 0.355. The fraction of sp³-hybridized carbons (Fsp3) is 0.522. The first kappa shape index (κ1) is 22.5. The molecule has 1 aromatic carbocycles. The summed E-state index contributed by atoms with van der Waals surface area (Å²) in [6.07, 6.45) is 0.310. The van der Waals surface area contributed by atoms with E-state index in [4.69, 9.17) is 4.42 Å². The highest BCUT2D eigenvalue weighted by Crippen LogP contribution is 2.58. The van der Waals surface area contributed by atoms with Gasteiger partial charge in [-0.1, -0.05) is 23.9 Å². The third-order valence-electron chi connectivity index (χ3n) is 6.95. The first-order valence-electron chi connectivity index (χ1n) is 11.1. The number of piperidine rings is 1. The molecule has 0 radical (unpaired) electrons. The van der Waals surface area contributed by atoms with E-state index >= 15 is 0 Å². The molecule has 1 aliphatic heterocycles. The minimum Gasteiger partial charge on any atom is -0.440 e. The normalized spacial score (nSPS) is 23.0. The largest absolute Gasteiger partial charge is 0.440 e. The summed E-state index contributed by atoms with van der Waals surface area (Å²) >= 11 is 1.66. The SMILES string of the molecule is Cc1ncoc1-c1nnc(SCCCN2CC[C@H]3C[C@@]3(c3ccc(C(F)(F)F)cc3)C2)n1C. The molecule has 2 fully saturated rings. The van der Waals surface area contributed by atoms with Gasteiger partial charge in [0.1, 0.15) is 0 Å². The summed E-state index contributed by atoms with van der Waals surface area (Å²) in [6, 6.07) is 5.82. The zero-order chi connectivity index (χ0) is 23.2. The van der Waals surface area contributed by atoms with Gasteiger partial charge >= 0.3 is 6.18 Å². The third kappa shape index (κ3) is 4.30. The molecule has 1 saturated heterocycles. The Morgan fingerprint density at radius 1 is 1.21 bits per heavy atom. The van der Waals surface area contributed by atoms with Gasteiger partial charge in [-0.2, -0.15) is 13.2 Å². The van der Waals surface area contributed by atoms with Crippen LogP contribution in [0, 0.1) is 12.8 Å². The van der Waals surface area contributed by atoms with E-state index in [0.29, 0.717) is 17.5 Å². The summed E-state index contributed by atoms with van der Waals surface area (Å²) in [5.74, 6) is 2.81. The number of alkyl halides is 3. The fourth-order valence-corrected chi connectivity index (χ4v) is 5.84. The van der Waals surface area contributed by atoms with Crippen molar-refractivity contribution >= 4 is 11.8 Å². The molecule has 6 nitrogen and oxygen atoms in total. The van der Waals surface area contributed by atoms with E-state index in [1.54, 1.807) is 23.9 Å². The second-order valence-electron chi connectivity index (χ2n) is 9.03. The van der Waals surface area contributed by atoms with E-state index < -0.39 is 11.7 Å². The second kappa shape index (κ2) is 8.47. The second-order valence-corrected chi connectivity index (χ2v) is 10.1. The molecule has 0 bridgehead atoms. The summed E-state index contributed by atoms with van der Waals surface area (Å²) in [5, 5.41) is 9.37. The van der Waals surface area contributed by atoms with Crippen LogP contribution in [-0.4, -0.2) is 50.0 Å². The van der Waals surface area contributed by atoms with Gasteiger partial charge in [0.05, 0.1) is 11.3 Å². The van der Waals surface area contributed by atoms with Crippen LogP contribution in [0.5, 0.6) is 0 Å². The lowest BCUT2D eigenvalue weighted by atomic mass is 9.88. The van der Waals surface area contributed by atoms with Gasteiger partial charge < -0.3 is 13.9 Å². The van der Waals surface area contributed by atoms with Crippen LogP contribution in [0.3, 0.4) is 0 Å². The number of rotatable bonds is 7. The number of hydrogen-bond donors (Lipinski definition) is 0. The van der Waals surface area contributed by atoms with Crippen LogP contribution in [0.15, 0.2) is 40.2 Å². The maximum Gasteiger partial charge on any atom is 0.416 e. The van der Waals surface area contributed by atoms with Crippen LogP contribution in [0.25, 0.3) is 11.6 Å². The van der Waals surface area contributed by atoms with Gasteiger partial charge in [-0.25, -0.2) is 4.98 Å². The molecule has 0 amide bonds. The Hall–Kier alpha value is -2.33. The van der Waals surface area contributed by atoms with Crippen molar-refractivity contribution in [1.82, 2.24) is 24.6 Å². The van der Waals surface area contributed by atoms with Crippen LogP contribution >= 0.6 is 11.8 Å². The predicted octanol–water partition coefficient (Wildman–Crippen LogP) is 4.94. The maximum atomic E-state index is 12.9. The molecule has 2 aliphatic rings. The molecule has 2 aromatic heterocycles. The van der Waals surface area contributed by atoms with Crippen molar-refractivity contribution in [3.05, 3.63) is 47.5 Å². The topological polar surface area (TPSA) is 60.0 Å². The monoisotopic (exact) mass is 477 g/mol. The summed E-state index contributed by atoms with van der Waals surface area (Å²) < 4.78 is 46.1. The highest BCUT2D eigenvalue weighted by Gasteiger charge is 2.57. The minimum absolute atomic E-state index is 0.0307. The molecule has 3 heterocycles. The standard InChI is InChI=1S/C23H26F3N5OS/c1-15-19(32-14-27-15)20-28-29-21(30(20)2)33-11-3-9-31-10-8-18-12-22(18,13-31)16-4-6-17(7-5-16)23(24,25)26/h4-7,14,18H,3,8-13H2,1-2H3/t18-,22-/m0/s1. The van der Waals surface area contributed by atoms with Gasteiger partial charge in [0, 0.05) is 24.8 Å². The highest BCUT2D eigenvalue weighted by molar-refractivity contribution is 7.99. The van der Waals surface area contributed by atoms with Crippen LogP contribution < -0.4 is 0 Å². The number of hydrogen-bond acceptors (Lipinski definition) is 6. The Kier molecular flexibility index (Phi) is 5.76. The lowest BCUT2D eigenvalue weighted by Gasteiger charge is -2.33. The van der Waals surface area contributed by atoms with Crippen molar-refractivity contribution in [2.75, 3.05) is 25.4 Å². The number of halogens is 3. The Balaban J connectivity index is 1.15. The van der Waals surface area contributed by atoms with Crippen molar-refractivity contribution in [3.8, 4) is 11.6 Å². The number of thioether (sulfide) groups is 1. The molecule has 0 spiro atoms. The van der Waals surface area contributed by atoms with Gasteiger partial charge in [-0.15, -0.1) is 10.2 Å². The molecular weight excluding hydrogens is 451 g/mol. The number of aromatic nitrogens is 4. The van der Waals surface area contributed by atoms with Crippen molar-refractivity contribution < 1.29 is 17.6 Å². The number of likely N-dealkylation sites (tertiary alicyclic amines) is 1. The first-order valence-corrected chi connectivity index (χ1v) is 12.1. The van der Waals surface area contributed by atoms with Gasteiger partial charge in [0.2, 0.25) is 5.82 Å². The van der Waals surface area contributed by atoms with Crippen LogP contribution in [0.4, 0.5) is 13.2 Å². The van der Waals surface area contributed by atoms with Crippen molar-refractivity contribution in [3.63, 3.8) is 0 Å². The molecule has 5 rings (SSSR count). The molecular formula is C23H26F3N5OS.